The molecular formula is C15H20ClN7O2S. The van der Waals surface area contributed by atoms with Crippen molar-refractivity contribution >= 4 is 39.1 Å². The van der Waals surface area contributed by atoms with Crippen molar-refractivity contribution in [3.8, 4) is 0 Å². The first kappa shape index (κ1) is 18.6. The predicted octanol–water partition coefficient (Wildman–Crippen LogP) is 1.81. The summed E-state index contributed by atoms with van der Waals surface area (Å²) in [6, 6.07) is 0. The smallest absolute Gasteiger partial charge is 0.235 e. The molecule has 0 spiro atoms. The summed E-state index contributed by atoms with van der Waals surface area (Å²) in [5, 5.41) is 11.7. The van der Waals surface area contributed by atoms with Gasteiger partial charge in [-0.1, -0.05) is 18.2 Å². The molecule has 1 fully saturated rings. The van der Waals surface area contributed by atoms with Gasteiger partial charge >= 0.3 is 0 Å². The highest BCUT2D eigenvalue weighted by Gasteiger charge is 2.29. The first-order valence-corrected chi connectivity index (χ1v) is 9.90. The second-order valence-corrected chi connectivity index (χ2v) is 8.31. The summed E-state index contributed by atoms with van der Waals surface area (Å²) in [5.74, 6) is 1.07. The zero-order chi connectivity index (χ0) is 18.7. The van der Waals surface area contributed by atoms with Crippen molar-refractivity contribution in [2.24, 2.45) is 13.0 Å². The largest absolute Gasteiger partial charge is 0.368 e. The molecule has 0 amide bonds. The van der Waals surface area contributed by atoms with Crippen molar-refractivity contribution in [3.63, 3.8) is 0 Å². The molecule has 2 N–H and O–H groups in total. The molecule has 0 aromatic carbocycles. The fourth-order valence-corrected chi connectivity index (χ4v) is 3.85. The number of hydrogen-bond acceptors (Lipinski definition) is 7. The Morgan fingerprint density at radius 2 is 2.27 bits per heavy atom. The Labute approximate surface area is 157 Å². The summed E-state index contributed by atoms with van der Waals surface area (Å²) in [5.41, 5.74) is 0.766. The van der Waals surface area contributed by atoms with E-state index >= 15 is 0 Å². The van der Waals surface area contributed by atoms with Gasteiger partial charge in [0.1, 0.15) is 5.02 Å². The molecule has 3 heterocycles. The second-order valence-electron chi connectivity index (χ2n) is 6.02. The van der Waals surface area contributed by atoms with Gasteiger partial charge in [-0.3, -0.25) is 4.68 Å². The second kappa shape index (κ2) is 7.60. The standard InChI is InChI=1S/C15H20ClN7O2S/c1-3-26(24,25)23-5-4-11(9-23)6-17-14-13(16)8-18-15(21-14)20-12-7-19-22(2)10-12/h3,7-8,10-11H,1,4-6,9H2,2H3,(H2,17,18,20,21). The highest BCUT2D eigenvalue weighted by atomic mass is 35.5. The molecule has 26 heavy (non-hydrogen) atoms. The molecule has 1 aliphatic heterocycles. The van der Waals surface area contributed by atoms with E-state index in [1.165, 1.54) is 10.5 Å². The molecule has 1 atom stereocenters. The fraction of sp³-hybridized carbons (Fsp3) is 0.400. The molecular weight excluding hydrogens is 378 g/mol. The van der Waals surface area contributed by atoms with E-state index in [0.717, 1.165) is 17.5 Å². The van der Waals surface area contributed by atoms with Crippen molar-refractivity contribution in [2.45, 2.75) is 6.42 Å². The number of hydrogen-bond donors (Lipinski definition) is 2. The van der Waals surface area contributed by atoms with Crippen LogP contribution >= 0.6 is 11.6 Å². The van der Waals surface area contributed by atoms with Gasteiger partial charge in [0.25, 0.3) is 0 Å². The van der Waals surface area contributed by atoms with E-state index in [1.807, 2.05) is 7.05 Å². The third-order valence-corrected chi connectivity index (χ3v) is 5.83. The van der Waals surface area contributed by atoms with E-state index in [-0.39, 0.29) is 5.92 Å². The van der Waals surface area contributed by atoms with Crippen LogP contribution in [0.3, 0.4) is 0 Å². The average Bonchev–Trinajstić information content (AvgIpc) is 3.25. The van der Waals surface area contributed by atoms with Crippen LogP contribution in [0.2, 0.25) is 5.02 Å². The van der Waals surface area contributed by atoms with Crippen LogP contribution in [0.25, 0.3) is 0 Å². The monoisotopic (exact) mass is 397 g/mol. The molecule has 1 saturated heterocycles. The molecule has 0 aliphatic carbocycles. The van der Waals surface area contributed by atoms with Crippen molar-refractivity contribution < 1.29 is 8.42 Å². The fourth-order valence-electron chi connectivity index (χ4n) is 2.71. The molecule has 2 aromatic heterocycles. The van der Waals surface area contributed by atoms with E-state index in [9.17, 15) is 8.42 Å². The van der Waals surface area contributed by atoms with Crippen LogP contribution in [0.15, 0.2) is 30.6 Å². The summed E-state index contributed by atoms with van der Waals surface area (Å²) < 4.78 is 26.8. The minimum atomic E-state index is -3.36. The van der Waals surface area contributed by atoms with Gasteiger partial charge in [0.15, 0.2) is 5.82 Å². The Morgan fingerprint density at radius 1 is 1.46 bits per heavy atom. The highest BCUT2D eigenvalue weighted by Crippen LogP contribution is 2.24. The lowest BCUT2D eigenvalue weighted by Crippen LogP contribution is -2.28. The van der Waals surface area contributed by atoms with Gasteiger partial charge in [0.05, 0.1) is 18.1 Å². The van der Waals surface area contributed by atoms with Gasteiger partial charge in [-0.05, 0) is 12.3 Å². The van der Waals surface area contributed by atoms with Crippen molar-refractivity contribution in [1.29, 1.82) is 0 Å². The molecule has 0 radical (unpaired) electrons. The maximum absolute atomic E-state index is 11.8. The molecule has 0 saturated carbocycles. The van der Waals surface area contributed by atoms with Gasteiger partial charge in [-0.2, -0.15) is 14.4 Å². The lowest BCUT2D eigenvalue weighted by Gasteiger charge is -2.15. The molecule has 11 heteroatoms. The predicted molar refractivity (Wildman–Crippen MR) is 101 cm³/mol. The summed E-state index contributed by atoms with van der Waals surface area (Å²) in [7, 11) is -1.54. The zero-order valence-electron chi connectivity index (χ0n) is 14.3. The molecule has 3 rings (SSSR count). The maximum atomic E-state index is 11.8. The Bertz CT molecular complexity index is 899. The Kier molecular flexibility index (Phi) is 5.44. The van der Waals surface area contributed by atoms with Gasteiger partial charge in [0.2, 0.25) is 16.0 Å². The van der Waals surface area contributed by atoms with Gasteiger partial charge < -0.3 is 10.6 Å². The van der Waals surface area contributed by atoms with Crippen LogP contribution in [-0.2, 0) is 17.1 Å². The van der Waals surface area contributed by atoms with Crippen LogP contribution in [0.4, 0.5) is 17.5 Å². The van der Waals surface area contributed by atoms with E-state index in [4.69, 9.17) is 11.6 Å². The third kappa shape index (κ3) is 4.32. The van der Waals surface area contributed by atoms with Gasteiger partial charge in [-0.15, -0.1) is 0 Å². The Balaban J connectivity index is 1.61. The third-order valence-electron chi connectivity index (χ3n) is 4.08. The summed E-state index contributed by atoms with van der Waals surface area (Å²) in [6.45, 7) is 4.86. The summed E-state index contributed by atoms with van der Waals surface area (Å²) in [4.78, 5) is 8.52. The van der Waals surface area contributed by atoms with E-state index in [0.29, 0.717) is 36.4 Å². The SMILES string of the molecule is C=CS(=O)(=O)N1CCC(CNc2nc(Nc3cnn(C)c3)ncc2Cl)C1. The minimum Gasteiger partial charge on any atom is -0.368 e. The Morgan fingerprint density at radius 3 is 2.96 bits per heavy atom. The number of sulfonamides is 1. The summed E-state index contributed by atoms with van der Waals surface area (Å²) in [6.07, 6.45) is 5.75. The molecule has 0 bridgehead atoms. The lowest BCUT2D eigenvalue weighted by atomic mass is 10.1. The number of aromatic nitrogens is 4. The topological polar surface area (TPSA) is 105 Å². The maximum Gasteiger partial charge on any atom is 0.235 e. The first-order chi connectivity index (χ1) is 12.4. The van der Waals surface area contributed by atoms with Gasteiger partial charge in [-0.25, -0.2) is 13.4 Å². The van der Waals surface area contributed by atoms with Crippen LogP contribution in [0.1, 0.15) is 6.42 Å². The molecule has 9 nitrogen and oxygen atoms in total. The van der Waals surface area contributed by atoms with Crippen LogP contribution in [-0.4, -0.2) is 52.1 Å². The number of anilines is 3. The number of rotatable bonds is 7. The normalized spacial score (nSPS) is 18.0. The minimum absolute atomic E-state index is 0.172. The molecule has 1 aliphatic rings. The van der Waals surface area contributed by atoms with E-state index in [1.54, 1.807) is 17.1 Å². The van der Waals surface area contributed by atoms with Crippen molar-refractivity contribution in [3.05, 3.63) is 35.6 Å². The molecule has 1 unspecified atom stereocenters. The highest BCUT2D eigenvalue weighted by molar-refractivity contribution is 7.92. The number of halogens is 1. The number of nitrogens with zero attached hydrogens (tertiary/aromatic N) is 5. The summed E-state index contributed by atoms with van der Waals surface area (Å²) >= 11 is 6.16. The van der Waals surface area contributed by atoms with Crippen molar-refractivity contribution in [2.75, 3.05) is 30.3 Å². The van der Waals surface area contributed by atoms with Crippen molar-refractivity contribution in [1.82, 2.24) is 24.1 Å². The average molecular weight is 398 g/mol. The van der Waals surface area contributed by atoms with Crippen LogP contribution in [0, 0.1) is 5.92 Å². The first-order valence-electron chi connectivity index (χ1n) is 8.02. The van der Waals surface area contributed by atoms with Crippen LogP contribution in [0.5, 0.6) is 0 Å². The zero-order valence-corrected chi connectivity index (χ0v) is 15.8. The number of aryl methyl sites for hydroxylation is 1. The molecule has 140 valence electrons. The number of nitrogens with one attached hydrogen (secondary N) is 2. The Hall–Kier alpha value is -2.17. The van der Waals surface area contributed by atoms with E-state index in [2.05, 4.69) is 32.3 Å². The quantitative estimate of drug-likeness (QED) is 0.734. The lowest BCUT2D eigenvalue weighted by molar-refractivity contribution is 0.469. The molecule has 2 aromatic rings. The van der Waals surface area contributed by atoms with Crippen LogP contribution < -0.4 is 10.6 Å². The van der Waals surface area contributed by atoms with E-state index < -0.39 is 10.0 Å². The van der Waals surface area contributed by atoms with Gasteiger partial charge in [0, 0.05) is 38.3 Å².